The zero-order chi connectivity index (χ0) is 11.0. The van der Waals surface area contributed by atoms with E-state index in [-0.39, 0.29) is 0 Å². The van der Waals surface area contributed by atoms with Crippen LogP contribution >= 0.6 is 0 Å². The van der Waals surface area contributed by atoms with E-state index in [1.54, 1.807) is 7.11 Å². The Balaban J connectivity index is 4.11. The average Bonchev–Trinajstić information content (AvgIpc) is 2.17. The molecule has 0 aliphatic carbocycles. The fourth-order valence-electron chi connectivity index (χ4n) is 1.97. The van der Waals surface area contributed by atoms with E-state index in [4.69, 9.17) is 4.74 Å². The zero-order valence-electron chi connectivity index (χ0n) is 10.2. The van der Waals surface area contributed by atoms with Crippen LogP contribution in [0.1, 0.15) is 52.9 Å². The van der Waals surface area contributed by atoms with Gasteiger partial charge in [0, 0.05) is 7.11 Å². The van der Waals surface area contributed by atoms with Gasteiger partial charge in [0.15, 0.2) is 0 Å². The van der Waals surface area contributed by atoms with Crippen molar-refractivity contribution in [1.82, 2.24) is 0 Å². The van der Waals surface area contributed by atoms with Crippen molar-refractivity contribution in [2.45, 2.75) is 58.5 Å². The van der Waals surface area contributed by atoms with E-state index in [1.165, 1.54) is 12.8 Å². The Hall–Kier alpha value is -0.0800. The van der Waals surface area contributed by atoms with Crippen molar-refractivity contribution in [3.8, 4) is 0 Å². The van der Waals surface area contributed by atoms with Crippen LogP contribution in [-0.2, 0) is 4.74 Å². The van der Waals surface area contributed by atoms with Gasteiger partial charge in [-0.05, 0) is 18.8 Å². The molecule has 0 saturated carbocycles. The normalized spacial score (nSPS) is 17.8. The molecule has 0 aliphatic rings. The van der Waals surface area contributed by atoms with Crippen LogP contribution in [0.5, 0.6) is 0 Å². The first-order valence-corrected chi connectivity index (χ1v) is 5.83. The largest absolute Gasteiger partial charge is 0.387 e. The minimum atomic E-state index is -0.607. The highest BCUT2D eigenvalue weighted by Crippen LogP contribution is 2.26. The quantitative estimate of drug-likeness (QED) is 0.655. The third kappa shape index (κ3) is 4.97. The maximum absolute atomic E-state index is 10.2. The van der Waals surface area contributed by atoms with Gasteiger partial charge in [0.2, 0.25) is 0 Å². The Bertz CT molecular complexity index is 136. The second kappa shape index (κ2) is 7.24. The lowest BCUT2D eigenvalue weighted by Gasteiger charge is -2.30. The maximum Gasteiger partial charge on any atom is 0.0880 e. The maximum atomic E-state index is 10.2. The van der Waals surface area contributed by atoms with Gasteiger partial charge in [-0.3, -0.25) is 0 Å². The Morgan fingerprint density at radius 1 is 1.29 bits per heavy atom. The summed E-state index contributed by atoms with van der Waals surface area (Å²) in [5.74, 6) is 0.639. The van der Waals surface area contributed by atoms with Crippen LogP contribution in [0.25, 0.3) is 0 Å². The zero-order valence-corrected chi connectivity index (χ0v) is 10.2. The predicted octanol–water partition coefficient (Wildman–Crippen LogP) is 2.99. The van der Waals surface area contributed by atoms with E-state index in [0.717, 1.165) is 19.3 Å². The molecule has 0 saturated heterocycles. The Morgan fingerprint density at radius 3 is 2.29 bits per heavy atom. The van der Waals surface area contributed by atoms with Crippen LogP contribution in [-0.4, -0.2) is 24.4 Å². The molecule has 0 radical (unpaired) electrons. The molecule has 0 aliphatic heterocycles. The molecular weight excluding hydrogens is 176 g/mol. The van der Waals surface area contributed by atoms with E-state index >= 15 is 0 Å². The number of hydrogen-bond acceptors (Lipinski definition) is 2. The van der Waals surface area contributed by atoms with Gasteiger partial charge in [0.1, 0.15) is 0 Å². The molecule has 0 amide bonds. The molecule has 0 fully saturated rings. The molecule has 2 heteroatoms. The van der Waals surface area contributed by atoms with E-state index in [1.807, 2.05) is 6.92 Å². The molecule has 86 valence electrons. The Morgan fingerprint density at radius 2 is 1.93 bits per heavy atom. The van der Waals surface area contributed by atoms with Crippen molar-refractivity contribution in [3.63, 3.8) is 0 Å². The minimum absolute atomic E-state index is 0.462. The molecule has 0 aromatic heterocycles. The van der Waals surface area contributed by atoms with Gasteiger partial charge in [-0.25, -0.2) is 0 Å². The highest BCUT2D eigenvalue weighted by Gasteiger charge is 2.27. The molecular formula is C12H26O2. The van der Waals surface area contributed by atoms with Crippen molar-refractivity contribution in [2.24, 2.45) is 5.92 Å². The van der Waals surface area contributed by atoms with Gasteiger partial charge < -0.3 is 9.84 Å². The molecule has 0 aromatic carbocycles. The summed E-state index contributed by atoms with van der Waals surface area (Å²) in [4.78, 5) is 0. The predicted molar refractivity (Wildman–Crippen MR) is 60.4 cm³/mol. The van der Waals surface area contributed by atoms with Crippen LogP contribution in [0.15, 0.2) is 0 Å². The average molecular weight is 202 g/mol. The fourth-order valence-corrected chi connectivity index (χ4v) is 1.97. The van der Waals surface area contributed by atoms with Crippen LogP contribution in [0.3, 0.4) is 0 Å². The molecule has 0 spiro atoms. The summed E-state index contributed by atoms with van der Waals surface area (Å²) < 4.78 is 5.07. The van der Waals surface area contributed by atoms with E-state index in [2.05, 4.69) is 13.8 Å². The third-order valence-electron chi connectivity index (χ3n) is 3.01. The van der Waals surface area contributed by atoms with Crippen LogP contribution in [0.2, 0.25) is 0 Å². The smallest absolute Gasteiger partial charge is 0.0880 e. The van der Waals surface area contributed by atoms with E-state index in [0.29, 0.717) is 12.5 Å². The van der Waals surface area contributed by atoms with Crippen molar-refractivity contribution < 1.29 is 9.84 Å². The monoisotopic (exact) mass is 202 g/mol. The van der Waals surface area contributed by atoms with Gasteiger partial charge in [0.05, 0.1) is 12.2 Å². The summed E-state index contributed by atoms with van der Waals surface area (Å²) in [6.07, 6.45) is 5.22. The first kappa shape index (κ1) is 13.9. The van der Waals surface area contributed by atoms with Crippen LogP contribution in [0, 0.1) is 5.92 Å². The topological polar surface area (TPSA) is 29.5 Å². The lowest BCUT2D eigenvalue weighted by atomic mass is 9.85. The Labute approximate surface area is 88.7 Å². The summed E-state index contributed by atoms with van der Waals surface area (Å²) in [6.45, 7) is 6.88. The molecule has 0 bridgehead atoms. The number of methoxy groups -OCH3 is 1. The molecule has 0 heterocycles. The molecule has 0 rings (SSSR count). The summed E-state index contributed by atoms with van der Waals surface area (Å²) in [5, 5.41) is 10.2. The highest BCUT2D eigenvalue weighted by atomic mass is 16.5. The number of aliphatic hydroxyl groups is 1. The first-order valence-electron chi connectivity index (χ1n) is 5.83. The summed E-state index contributed by atoms with van der Waals surface area (Å²) >= 11 is 0. The van der Waals surface area contributed by atoms with Crippen LogP contribution in [0.4, 0.5) is 0 Å². The molecule has 2 atom stereocenters. The summed E-state index contributed by atoms with van der Waals surface area (Å²) in [6, 6.07) is 0. The lowest BCUT2D eigenvalue weighted by molar-refractivity contribution is -0.0513. The fraction of sp³-hybridized carbons (Fsp3) is 1.00. The van der Waals surface area contributed by atoms with Gasteiger partial charge in [0.25, 0.3) is 0 Å². The second-order valence-electron chi connectivity index (χ2n) is 4.28. The Kier molecular flexibility index (Phi) is 7.20. The van der Waals surface area contributed by atoms with Crippen molar-refractivity contribution in [1.29, 1.82) is 0 Å². The van der Waals surface area contributed by atoms with Gasteiger partial charge in [-0.15, -0.1) is 0 Å². The number of rotatable bonds is 8. The highest BCUT2D eigenvalue weighted by molar-refractivity contribution is 4.79. The van der Waals surface area contributed by atoms with Gasteiger partial charge in [-0.1, -0.05) is 40.0 Å². The molecule has 0 aromatic rings. The van der Waals surface area contributed by atoms with Gasteiger partial charge in [-0.2, -0.15) is 0 Å². The summed E-state index contributed by atoms with van der Waals surface area (Å²) in [5.41, 5.74) is -0.607. The first-order chi connectivity index (χ1) is 6.61. The minimum Gasteiger partial charge on any atom is -0.387 e. The number of hydrogen-bond donors (Lipinski definition) is 1. The van der Waals surface area contributed by atoms with Crippen molar-refractivity contribution >= 4 is 0 Å². The second-order valence-corrected chi connectivity index (χ2v) is 4.28. The lowest BCUT2D eigenvalue weighted by Crippen LogP contribution is -2.35. The van der Waals surface area contributed by atoms with Gasteiger partial charge >= 0.3 is 0 Å². The van der Waals surface area contributed by atoms with E-state index in [9.17, 15) is 5.11 Å². The van der Waals surface area contributed by atoms with Crippen LogP contribution < -0.4 is 0 Å². The van der Waals surface area contributed by atoms with Crippen molar-refractivity contribution in [2.75, 3.05) is 13.7 Å². The summed E-state index contributed by atoms with van der Waals surface area (Å²) in [7, 11) is 1.65. The number of ether oxygens (including phenoxy) is 1. The molecule has 2 nitrogen and oxygen atoms in total. The molecule has 14 heavy (non-hydrogen) atoms. The van der Waals surface area contributed by atoms with E-state index < -0.39 is 5.60 Å². The standard InChI is InChI=1S/C12H26O2/c1-5-8-11(6-2)9-12(13,7-3)10-14-4/h11,13H,5-10H2,1-4H3. The molecule has 2 unspecified atom stereocenters. The SMILES string of the molecule is CCCC(CC)CC(O)(CC)COC. The molecule has 1 N–H and O–H groups in total. The van der Waals surface area contributed by atoms with Crippen molar-refractivity contribution in [3.05, 3.63) is 0 Å². The third-order valence-corrected chi connectivity index (χ3v) is 3.01.